The van der Waals surface area contributed by atoms with E-state index in [0.29, 0.717) is 29.3 Å². The molecule has 3 aromatic rings. The van der Waals surface area contributed by atoms with Crippen LogP contribution in [0.5, 0.6) is 0 Å². The average Bonchev–Trinajstić information content (AvgIpc) is 3.23. The van der Waals surface area contributed by atoms with E-state index in [2.05, 4.69) is 49.9 Å². The largest absolute Gasteiger partial charge is 0.395 e. The Labute approximate surface area is 218 Å². The van der Waals surface area contributed by atoms with Crippen molar-refractivity contribution in [2.75, 3.05) is 62.6 Å². The monoisotopic (exact) mass is 506 g/mol. The summed E-state index contributed by atoms with van der Waals surface area (Å²) >= 11 is 0. The number of aliphatic hydroxyl groups is 2. The number of aromatic nitrogens is 4. The molecular weight excluding hydrogens is 468 g/mol. The van der Waals surface area contributed by atoms with E-state index in [0.717, 1.165) is 74.6 Å². The van der Waals surface area contributed by atoms with Gasteiger partial charge in [0.25, 0.3) is 0 Å². The van der Waals surface area contributed by atoms with Crippen LogP contribution in [0.3, 0.4) is 0 Å². The molecule has 0 aliphatic carbocycles. The van der Waals surface area contributed by atoms with Crippen LogP contribution >= 0.6 is 0 Å². The van der Waals surface area contributed by atoms with Gasteiger partial charge in [0.2, 0.25) is 5.95 Å². The molecule has 2 unspecified atom stereocenters. The number of piperazine rings is 1. The van der Waals surface area contributed by atoms with E-state index in [-0.39, 0.29) is 6.61 Å². The molecule has 2 saturated heterocycles. The standard InChI is InChI=1S/C27H38N8O2/c1-18-15-35(16-19(18)2)26-25-22(12-23(30-26)20(3)37)14-29-27(32-25)31-24-5-4-21(13-28-24)17-34-8-6-33(7-9-34)10-11-36/h4-5,12-14,18-20,36-37H,6-11,15-17H2,1-3H3,(H,28,29,31,32)/t18?,19?,20-/m1/s1. The van der Waals surface area contributed by atoms with Crippen molar-refractivity contribution < 1.29 is 10.2 Å². The van der Waals surface area contributed by atoms with Gasteiger partial charge >= 0.3 is 0 Å². The number of nitrogens with one attached hydrogen (secondary N) is 1. The Bertz CT molecular complexity index is 1190. The number of nitrogens with zero attached hydrogens (tertiary/aromatic N) is 7. The molecule has 3 aromatic heterocycles. The first-order valence-corrected chi connectivity index (χ1v) is 13.3. The minimum Gasteiger partial charge on any atom is -0.395 e. The number of fused-ring (bicyclic) bond motifs is 1. The summed E-state index contributed by atoms with van der Waals surface area (Å²) in [4.78, 5) is 25.7. The predicted octanol–water partition coefficient (Wildman–Crippen LogP) is 2.42. The summed E-state index contributed by atoms with van der Waals surface area (Å²) in [7, 11) is 0. The lowest BCUT2D eigenvalue weighted by Gasteiger charge is -2.34. The van der Waals surface area contributed by atoms with Crippen molar-refractivity contribution in [2.45, 2.75) is 33.4 Å². The van der Waals surface area contributed by atoms with Crippen LogP contribution in [0.1, 0.15) is 38.1 Å². The molecule has 2 aliphatic heterocycles. The molecule has 37 heavy (non-hydrogen) atoms. The van der Waals surface area contributed by atoms with E-state index in [1.807, 2.05) is 18.3 Å². The normalized spacial score (nSPS) is 22.0. The van der Waals surface area contributed by atoms with Gasteiger partial charge in [-0.05, 0) is 36.5 Å². The van der Waals surface area contributed by atoms with Crippen molar-refractivity contribution in [3.8, 4) is 0 Å². The van der Waals surface area contributed by atoms with Crippen molar-refractivity contribution in [1.29, 1.82) is 0 Å². The van der Waals surface area contributed by atoms with E-state index in [4.69, 9.17) is 15.1 Å². The van der Waals surface area contributed by atoms with Crippen molar-refractivity contribution in [2.24, 2.45) is 11.8 Å². The molecule has 2 aliphatic rings. The molecule has 3 atom stereocenters. The maximum absolute atomic E-state index is 10.2. The third-order valence-corrected chi connectivity index (χ3v) is 7.63. The van der Waals surface area contributed by atoms with E-state index in [9.17, 15) is 5.11 Å². The van der Waals surface area contributed by atoms with Gasteiger partial charge < -0.3 is 20.4 Å². The second-order valence-electron chi connectivity index (χ2n) is 10.6. The molecule has 0 spiro atoms. The van der Waals surface area contributed by atoms with Crippen LogP contribution in [0, 0.1) is 11.8 Å². The van der Waals surface area contributed by atoms with Crippen LogP contribution in [-0.2, 0) is 6.54 Å². The van der Waals surface area contributed by atoms with Crippen LogP contribution in [0.15, 0.2) is 30.6 Å². The summed E-state index contributed by atoms with van der Waals surface area (Å²) in [6, 6.07) is 5.92. The first kappa shape index (κ1) is 25.7. The Morgan fingerprint density at radius 3 is 2.38 bits per heavy atom. The number of β-amino-alcohol motifs (C(OH)–C–C–N with tert-alkyl or cyclic N) is 1. The van der Waals surface area contributed by atoms with E-state index in [1.54, 1.807) is 13.1 Å². The Morgan fingerprint density at radius 2 is 1.73 bits per heavy atom. The highest BCUT2D eigenvalue weighted by atomic mass is 16.3. The molecule has 0 saturated carbocycles. The molecule has 5 rings (SSSR count). The quantitative estimate of drug-likeness (QED) is 0.421. The van der Waals surface area contributed by atoms with Crippen LogP contribution in [-0.4, -0.2) is 92.4 Å². The number of aliphatic hydroxyl groups excluding tert-OH is 2. The van der Waals surface area contributed by atoms with Crippen LogP contribution in [0.4, 0.5) is 17.6 Å². The van der Waals surface area contributed by atoms with E-state index >= 15 is 0 Å². The SMILES string of the molecule is CC1CN(c2nc([C@@H](C)O)cc3cnc(Nc4ccc(CN5CCN(CCO)CC5)cn4)nc23)CC1C. The zero-order valence-corrected chi connectivity index (χ0v) is 22.0. The Balaban J connectivity index is 1.30. The highest BCUT2D eigenvalue weighted by molar-refractivity contribution is 5.89. The van der Waals surface area contributed by atoms with Crippen molar-refractivity contribution in [1.82, 2.24) is 29.7 Å². The average molecular weight is 507 g/mol. The van der Waals surface area contributed by atoms with Crippen LogP contribution in [0.2, 0.25) is 0 Å². The molecule has 0 amide bonds. The number of anilines is 3. The summed E-state index contributed by atoms with van der Waals surface area (Å²) < 4.78 is 0. The van der Waals surface area contributed by atoms with E-state index < -0.39 is 6.10 Å². The number of pyridine rings is 2. The zero-order valence-electron chi connectivity index (χ0n) is 22.0. The minimum atomic E-state index is -0.662. The summed E-state index contributed by atoms with van der Waals surface area (Å²) in [6.07, 6.45) is 3.03. The summed E-state index contributed by atoms with van der Waals surface area (Å²) in [5.41, 5.74) is 2.57. The lowest BCUT2D eigenvalue weighted by atomic mass is 10.0. The van der Waals surface area contributed by atoms with Gasteiger partial charge in [0.15, 0.2) is 5.82 Å². The van der Waals surface area contributed by atoms with Crippen LogP contribution < -0.4 is 10.2 Å². The fraction of sp³-hybridized carbons (Fsp3) is 0.556. The van der Waals surface area contributed by atoms with Gasteiger partial charge in [-0.15, -0.1) is 0 Å². The van der Waals surface area contributed by atoms with Gasteiger partial charge in [0, 0.05) is 70.1 Å². The first-order valence-electron chi connectivity index (χ1n) is 13.3. The molecular formula is C27H38N8O2. The molecule has 0 radical (unpaired) electrons. The van der Waals surface area contributed by atoms with Gasteiger partial charge in [-0.2, -0.15) is 0 Å². The molecule has 3 N–H and O–H groups in total. The molecule has 10 heteroatoms. The molecule has 10 nitrogen and oxygen atoms in total. The van der Waals surface area contributed by atoms with Gasteiger partial charge in [-0.25, -0.2) is 19.9 Å². The van der Waals surface area contributed by atoms with Gasteiger partial charge in [-0.3, -0.25) is 9.80 Å². The molecule has 2 fully saturated rings. The Kier molecular flexibility index (Phi) is 7.80. The third-order valence-electron chi connectivity index (χ3n) is 7.63. The lowest BCUT2D eigenvalue weighted by molar-refractivity contribution is 0.108. The van der Waals surface area contributed by atoms with Crippen LogP contribution in [0.25, 0.3) is 10.9 Å². The minimum absolute atomic E-state index is 0.219. The topological polar surface area (TPSA) is 114 Å². The third kappa shape index (κ3) is 5.98. The molecule has 198 valence electrons. The van der Waals surface area contributed by atoms with Crippen molar-refractivity contribution in [3.63, 3.8) is 0 Å². The molecule has 0 bridgehead atoms. The maximum atomic E-state index is 10.2. The van der Waals surface area contributed by atoms with E-state index in [1.165, 1.54) is 0 Å². The Morgan fingerprint density at radius 1 is 1.00 bits per heavy atom. The maximum Gasteiger partial charge on any atom is 0.229 e. The van der Waals surface area contributed by atoms with Crippen molar-refractivity contribution >= 4 is 28.5 Å². The van der Waals surface area contributed by atoms with Gasteiger partial charge in [0.05, 0.1) is 18.4 Å². The predicted molar refractivity (Wildman–Crippen MR) is 145 cm³/mol. The smallest absolute Gasteiger partial charge is 0.229 e. The van der Waals surface area contributed by atoms with Gasteiger partial charge in [0.1, 0.15) is 11.3 Å². The Hall–Kier alpha value is -2.92. The fourth-order valence-electron chi connectivity index (χ4n) is 5.12. The second kappa shape index (κ2) is 11.2. The second-order valence-corrected chi connectivity index (χ2v) is 10.6. The number of rotatable bonds is 8. The van der Waals surface area contributed by atoms with Gasteiger partial charge in [-0.1, -0.05) is 19.9 Å². The molecule has 0 aromatic carbocycles. The summed E-state index contributed by atoms with van der Waals surface area (Å²) in [5, 5.41) is 23.4. The summed E-state index contributed by atoms with van der Waals surface area (Å²) in [5.74, 6) is 3.10. The first-order chi connectivity index (χ1) is 17.9. The highest BCUT2D eigenvalue weighted by Crippen LogP contribution is 2.32. The van der Waals surface area contributed by atoms with Crippen molar-refractivity contribution in [3.05, 3.63) is 41.9 Å². The number of hydrogen-bond donors (Lipinski definition) is 3. The highest BCUT2D eigenvalue weighted by Gasteiger charge is 2.29. The summed E-state index contributed by atoms with van der Waals surface area (Å²) in [6.45, 7) is 13.9. The fourth-order valence-corrected chi connectivity index (χ4v) is 5.12. The number of hydrogen-bond acceptors (Lipinski definition) is 10. The molecule has 5 heterocycles. The zero-order chi connectivity index (χ0) is 25.9. The lowest BCUT2D eigenvalue weighted by Crippen LogP contribution is -2.46.